The molecule has 25 nitrogen and oxygen atoms in total. The number of unbranched alkanes of at least 4 members (excludes halogenated alkanes) is 2. The maximum Gasteiger partial charge on any atom is 0.490 e. The topological polar surface area (TPSA) is 396 Å². The Labute approximate surface area is 376 Å². The van der Waals surface area contributed by atoms with Gasteiger partial charge in [-0.3, -0.25) is 23.5 Å². The molecule has 0 radical (unpaired) electrons. The van der Waals surface area contributed by atoms with Gasteiger partial charge in [-0.2, -0.15) is 13.6 Å². The van der Waals surface area contributed by atoms with Crippen LogP contribution < -0.4 is 27.5 Å². The molecule has 3 aliphatic rings. The second kappa shape index (κ2) is 20.8. The number of phenolic OH excluding ortho intramolecular Hbond substituents is 1. The highest BCUT2D eigenvalue weighted by molar-refractivity contribution is 7.66. The first kappa shape index (κ1) is 50.3. The summed E-state index contributed by atoms with van der Waals surface area (Å²) >= 11 is 0. The van der Waals surface area contributed by atoms with Crippen molar-refractivity contribution in [3.8, 4) is 40.0 Å². The highest BCUT2D eigenvalue weighted by atomic mass is 31.3. The molecule has 5 atom stereocenters. The van der Waals surface area contributed by atoms with E-state index in [4.69, 9.17) is 24.7 Å². The van der Waals surface area contributed by atoms with Gasteiger partial charge in [0, 0.05) is 59.8 Å². The number of aromatic carboxylic acids is 1. The van der Waals surface area contributed by atoms with Crippen LogP contribution in [0.3, 0.4) is 0 Å². The molecule has 0 bridgehead atoms. The molecule has 5 unspecified atom stereocenters. The Bertz CT molecular complexity index is 3030. The number of benzene rings is 3. The molecule has 2 aliphatic heterocycles. The van der Waals surface area contributed by atoms with Gasteiger partial charge >= 0.3 is 35.1 Å². The number of nitrogens with one attached hydrogen (secondary N) is 2. The number of nitrogen functional groups attached to an aromatic ring is 1. The number of hydrogen-bond acceptors (Lipinski definition) is 17. The molecule has 67 heavy (non-hydrogen) atoms. The molecule has 28 heteroatoms. The van der Waals surface area contributed by atoms with Crippen LogP contribution in [0, 0.1) is 11.8 Å². The summed E-state index contributed by atoms with van der Waals surface area (Å²) in [6.45, 7) is -0.877. The zero-order chi connectivity index (χ0) is 48.8. The smallest absolute Gasteiger partial charge is 0.490 e. The minimum atomic E-state index is -5.79. The number of aliphatic hydroxyl groups is 1. The number of nitrogens with two attached hydrogens (primary N) is 1. The van der Waals surface area contributed by atoms with Crippen molar-refractivity contribution < 1.29 is 85.3 Å². The minimum Gasteiger partial charge on any atom is -0.508 e. The number of phenols is 1. The second-order valence-electron chi connectivity index (χ2n) is 14.6. The molecule has 1 fully saturated rings. The zero-order valence-corrected chi connectivity index (χ0v) is 37.1. The first-order valence-electron chi connectivity index (χ1n) is 19.6. The number of anilines is 1. The van der Waals surface area contributed by atoms with Crippen LogP contribution in [-0.2, 0) is 36.4 Å². The van der Waals surface area contributed by atoms with Crippen LogP contribution in [0.2, 0.25) is 0 Å². The number of fused-ring (bicyclic) bond motifs is 2. The molecular formula is C39H40N5O20P3. The Morgan fingerprint density at radius 3 is 2.42 bits per heavy atom. The molecule has 2 aromatic carbocycles. The van der Waals surface area contributed by atoms with E-state index in [1.807, 2.05) is 0 Å². The predicted molar refractivity (Wildman–Crippen MR) is 231 cm³/mol. The molecule has 2 amide bonds. The molecule has 356 valence electrons. The normalized spacial score (nSPS) is 17.8. The van der Waals surface area contributed by atoms with Crippen molar-refractivity contribution in [3.63, 3.8) is 0 Å². The number of phosphoric acid groups is 3. The first-order chi connectivity index (χ1) is 31.5. The van der Waals surface area contributed by atoms with Crippen molar-refractivity contribution in [3.05, 3.63) is 98.2 Å². The lowest BCUT2D eigenvalue weighted by Gasteiger charge is -2.19. The fourth-order valence-electron chi connectivity index (χ4n) is 6.78. The van der Waals surface area contributed by atoms with Gasteiger partial charge < -0.3 is 60.4 Å². The van der Waals surface area contributed by atoms with Crippen molar-refractivity contribution in [2.75, 3.05) is 25.4 Å². The van der Waals surface area contributed by atoms with Crippen molar-refractivity contribution in [1.29, 1.82) is 0 Å². The van der Waals surface area contributed by atoms with Gasteiger partial charge in [-0.25, -0.2) is 23.3 Å². The Hall–Kier alpha value is -6.09. The average molecular weight is 992 g/mol. The standard InChI is InChI=1S/C39H40N5O20P3/c40-36-22(19-44(39(52)43-36)34-18-29(47)32(62-34)20-60-66(56,57)64-67(58,59)63-65(53,54)55)5-4-14-41-33(48)6-2-1-3-13-42-37(49)21-7-10-25(38(50)51)28(15-21)35-26-11-8-23(45)16-30(26)61-31-17-24(46)9-12-27(31)35/h7-12,15-17,19,29,32,34,45,47H,1-3,6,13-14,18,20H2,(H,41,48)(H,42,49)(H,50,51)(H,56,57)(H,58,59)(H2,40,43,52)(H2,53,54,55). The molecule has 0 saturated carbocycles. The maximum atomic E-state index is 13.3. The number of amides is 2. The number of aliphatic hydroxyl groups excluding tert-OH is 1. The summed E-state index contributed by atoms with van der Waals surface area (Å²) in [5.41, 5.74) is 5.82. The molecule has 0 spiro atoms. The number of ether oxygens (including phenoxy) is 1. The summed E-state index contributed by atoms with van der Waals surface area (Å²) in [6, 6.07) is 12.5. The highest BCUT2D eigenvalue weighted by Crippen LogP contribution is 2.66. The summed E-state index contributed by atoms with van der Waals surface area (Å²) in [4.78, 5) is 103. The van der Waals surface area contributed by atoms with Crippen LogP contribution >= 0.6 is 23.5 Å². The molecule has 3 heterocycles. The second-order valence-corrected chi connectivity index (χ2v) is 19.0. The van der Waals surface area contributed by atoms with E-state index in [0.29, 0.717) is 35.8 Å². The summed E-state index contributed by atoms with van der Waals surface area (Å²) in [6.07, 6.45) is -1.66. The van der Waals surface area contributed by atoms with Crippen molar-refractivity contribution in [1.82, 2.24) is 20.2 Å². The summed E-state index contributed by atoms with van der Waals surface area (Å²) in [7, 11) is -16.9. The molecule has 3 aromatic rings. The van der Waals surface area contributed by atoms with E-state index in [0.717, 1.165) is 10.8 Å². The Kier molecular flexibility index (Phi) is 15.6. The number of carbonyl (C=O) groups excluding carboxylic acids is 2. The third kappa shape index (κ3) is 13.3. The highest BCUT2D eigenvalue weighted by Gasteiger charge is 2.43. The number of rotatable bonds is 18. The van der Waals surface area contributed by atoms with Gasteiger partial charge in [0.1, 0.15) is 35.2 Å². The summed E-state index contributed by atoms with van der Waals surface area (Å²) < 4.78 is 58.5. The largest absolute Gasteiger partial charge is 0.508 e. The fourth-order valence-corrected chi connectivity index (χ4v) is 9.81. The predicted octanol–water partition coefficient (Wildman–Crippen LogP) is 2.56. The molecule has 6 rings (SSSR count). The third-order valence-electron chi connectivity index (χ3n) is 9.73. The van der Waals surface area contributed by atoms with Crippen molar-refractivity contribution >= 4 is 58.0 Å². The van der Waals surface area contributed by atoms with E-state index in [-0.39, 0.29) is 82.4 Å². The summed E-state index contributed by atoms with van der Waals surface area (Å²) in [5.74, 6) is 3.01. The van der Waals surface area contributed by atoms with Crippen LogP contribution in [-0.4, -0.2) is 94.1 Å². The van der Waals surface area contributed by atoms with E-state index in [1.165, 1.54) is 48.5 Å². The number of carboxylic acids is 1. The number of carbonyl (C=O) groups is 3. The molecule has 1 aliphatic carbocycles. The SMILES string of the molecule is Nc1nc(=O)n(C2CC(O)C(COP(=O)(O)OP(=O)(O)OP(=O)(O)O)O2)cc1C#CCNC(=O)CCCCCNC(=O)c1ccc(C(=O)O)c(-c2c3ccc(=O)cc-3oc3cc(O)ccc23)c1. The monoisotopic (exact) mass is 991 g/mol. The summed E-state index contributed by atoms with van der Waals surface area (Å²) in [5, 5.41) is 36.4. The van der Waals surface area contributed by atoms with Crippen LogP contribution in [0.15, 0.2) is 74.8 Å². The van der Waals surface area contributed by atoms with Crippen molar-refractivity contribution in [2.45, 2.75) is 50.5 Å². The van der Waals surface area contributed by atoms with Crippen LogP contribution in [0.25, 0.3) is 33.4 Å². The third-order valence-corrected chi connectivity index (χ3v) is 13.5. The first-order valence-corrected chi connectivity index (χ1v) is 24.1. The number of hydrogen-bond donors (Lipinski definition) is 10. The number of aromatic nitrogens is 2. The fraction of sp³-hybridized carbons (Fsp3) is 0.282. The number of aromatic hydroxyl groups is 1. The van der Waals surface area contributed by atoms with Crippen LogP contribution in [0.4, 0.5) is 5.82 Å². The number of carboxylic acid groups (broad SMARTS) is 1. The maximum absolute atomic E-state index is 13.3. The van der Waals surface area contributed by atoms with E-state index < -0.39 is 66.1 Å². The van der Waals surface area contributed by atoms with Gasteiger partial charge in [-0.05, 0) is 60.9 Å². The van der Waals surface area contributed by atoms with Crippen LogP contribution in [0.5, 0.6) is 5.75 Å². The van der Waals surface area contributed by atoms with Crippen LogP contribution in [0.1, 0.15) is 64.6 Å². The number of nitrogens with zero attached hydrogens (tertiary/aromatic N) is 2. The molecule has 1 aromatic heterocycles. The van der Waals surface area contributed by atoms with Gasteiger partial charge in [0.25, 0.3) is 5.91 Å². The zero-order valence-electron chi connectivity index (χ0n) is 34.4. The van der Waals surface area contributed by atoms with E-state index in [1.54, 1.807) is 6.07 Å². The lowest BCUT2D eigenvalue weighted by molar-refractivity contribution is -0.121. The van der Waals surface area contributed by atoms with Gasteiger partial charge in [-0.15, -0.1) is 0 Å². The van der Waals surface area contributed by atoms with E-state index >= 15 is 0 Å². The molecule has 11 N–H and O–H groups in total. The lowest BCUT2D eigenvalue weighted by atomic mass is 9.89. The van der Waals surface area contributed by atoms with Gasteiger partial charge in [0.2, 0.25) is 5.91 Å². The molecular weight excluding hydrogens is 951 g/mol. The van der Waals surface area contributed by atoms with E-state index in [9.17, 15) is 62.8 Å². The Morgan fingerprint density at radius 1 is 0.925 bits per heavy atom. The lowest BCUT2D eigenvalue weighted by Crippen LogP contribution is -2.29. The quantitative estimate of drug-likeness (QED) is 0.0261. The van der Waals surface area contributed by atoms with Gasteiger partial charge in [0.05, 0.1) is 30.4 Å². The van der Waals surface area contributed by atoms with Crippen molar-refractivity contribution in [2.24, 2.45) is 0 Å². The van der Waals surface area contributed by atoms with Gasteiger partial charge in [-0.1, -0.05) is 18.3 Å². The molecule has 1 saturated heterocycles. The Balaban J connectivity index is 0.971. The van der Waals surface area contributed by atoms with Gasteiger partial charge in [0.15, 0.2) is 5.43 Å². The number of phosphoric ester groups is 1. The Morgan fingerprint density at radius 2 is 1.69 bits per heavy atom. The van der Waals surface area contributed by atoms with E-state index in [2.05, 4.69) is 40.6 Å². The minimum absolute atomic E-state index is 0.0258. The average Bonchev–Trinajstić information content (AvgIpc) is 3.60.